The van der Waals surface area contributed by atoms with E-state index in [1.165, 1.54) is 11.1 Å². The van der Waals surface area contributed by atoms with Gasteiger partial charge in [-0.3, -0.25) is 0 Å². The maximum atomic E-state index is 9.29. The molecule has 0 amide bonds. The van der Waals surface area contributed by atoms with Crippen LogP contribution in [0.4, 0.5) is 0 Å². The van der Waals surface area contributed by atoms with E-state index in [9.17, 15) is 5.11 Å². The third-order valence-electron chi connectivity index (χ3n) is 3.00. The maximum Gasteiger partial charge on any atom is 0.0638 e. The average molecular weight is 253 g/mol. The summed E-state index contributed by atoms with van der Waals surface area (Å²) in [6, 6.07) is 8.84. The zero-order valence-corrected chi connectivity index (χ0v) is 10.9. The lowest BCUT2D eigenvalue weighted by Crippen LogP contribution is -2.40. The van der Waals surface area contributed by atoms with Crippen molar-refractivity contribution in [2.24, 2.45) is 0 Å². The first-order valence-corrected chi connectivity index (χ1v) is 7.02. The van der Waals surface area contributed by atoms with Crippen LogP contribution in [0.15, 0.2) is 24.3 Å². The molecule has 2 N–H and O–H groups in total. The van der Waals surface area contributed by atoms with Gasteiger partial charge in [-0.2, -0.15) is 11.8 Å². The fourth-order valence-electron chi connectivity index (χ4n) is 2.16. The number of benzene rings is 1. The van der Waals surface area contributed by atoms with E-state index in [1.807, 2.05) is 11.8 Å². The van der Waals surface area contributed by atoms with Gasteiger partial charge in [-0.15, -0.1) is 0 Å². The van der Waals surface area contributed by atoms with E-state index in [4.69, 9.17) is 4.74 Å². The van der Waals surface area contributed by atoms with E-state index in [0.717, 1.165) is 11.5 Å². The van der Waals surface area contributed by atoms with Gasteiger partial charge in [-0.25, -0.2) is 0 Å². The van der Waals surface area contributed by atoms with Crippen molar-refractivity contribution in [3.8, 4) is 0 Å². The van der Waals surface area contributed by atoms with Crippen LogP contribution in [0.5, 0.6) is 0 Å². The van der Waals surface area contributed by atoms with E-state index < -0.39 is 0 Å². The molecular weight excluding hydrogens is 234 g/mol. The summed E-state index contributed by atoms with van der Waals surface area (Å²) in [5, 5.41) is 12.8. The Morgan fingerprint density at radius 3 is 3.12 bits per heavy atom. The molecule has 0 saturated heterocycles. The van der Waals surface area contributed by atoms with Crippen LogP contribution in [0.1, 0.15) is 17.2 Å². The van der Waals surface area contributed by atoms with Crippen LogP contribution < -0.4 is 5.32 Å². The number of aliphatic hydroxyl groups is 1. The quantitative estimate of drug-likeness (QED) is 0.836. The minimum Gasteiger partial charge on any atom is -0.395 e. The van der Waals surface area contributed by atoms with Gasteiger partial charge in [-0.05, 0) is 11.1 Å². The van der Waals surface area contributed by atoms with Gasteiger partial charge in [0.05, 0.1) is 19.3 Å². The number of nitrogens with one attached hydrogen (secondary N) is 1. The molecule has 17 heavy (non-hydrogen) atoms. The number of hydrogen-bond donors (Lipinski definition) is 2. The molecule has 0 radical (unpaired) electrons. The third kappa shape index (κ3) is 3.22. The number of fused-ring (bicyclic) bond motifs is 1. The summed E-state index contributed by atoms with van der Waals surface area (Å²) >= 11 is 1.93. The molecule has 0 saturated carbocycles. The molecule has 0 aliphatic carbocycles. The van der Waals surface area contributed by atoms with Crippen molar-refractivity contribution in [3.05, 3.63) is 35.4 Å². The molecule has 4 heteroatoms. The molecule has 1 aliphatic heterocycles. The Morgan fingerprint density at radius 1 is 1.53 bits per heavy atom. The lowest BCUT2D eigenvalue weighted by Gasteiger charge is -2.29. The SMILES string of the molecule is COCC(CO)NC1CSCc2ccccc21. The predicted octanol–water partition coefficient (Wildman–Crippen LogP) is 1.57. The van der Waals surface area contributed by atoms with E-state index in [-0.39, 0.29) is 12.6 Å². The Labute approximate surface area is 107 Å². The molecule has 3 nitrogen and oxygen atoms in total. The minimum absolute atomic E-state index is 0.0109. The van der Waals surface area contributed by atoms with E-state index in [0.29, 0.717) is 12.6 Å². The number of aliphatic hydroxyl groups excluding tert-OH is 1. The van der Waals surface area contributed by atoms with Crippen LogP contribution in [0.25, 0.3) is 0 Å². The molecule has 1 heterocycles. The molecule has 1 aromatic rings. The van der Waals surface area contributed by atoms with Crippen LogP contribution in [0.2, 0.25) is 0 Å². The average Bonchev–Trinajstić information content (AvgIpc) is 2.38. The second-order valence-electron chi connectivity index (χ2n) is 4.27. The van der Waals surface area contributed by atoms with Crippen LogP contribution in [0, 0.1) is 0 Å². The molecule has 2 atom stereocenters. The first-order chi connectivity index (χ1) is 8.35. The maximum absolute atomic E-state index is 9.29. The van der Waals surface area contributed by atoms with Crippen molar-refractivity contribution in [2.45, 2.75) is 17.8 Å². The normalized spacial score (nSPS) is 20.9. The number of thioether (sulfide) groups is 1. The van der Waals surface area contributed by atoms with Crippen molar-refractivity contribution in [2.75, 3.05) is 26.1 Å². The van der Waals surface area contributed by atoms with Crippen molar-refractivity contribution < 1.29 is 9.84 Å². The summed E-state index contributed by atoms with van der Waals surface area (Å²) in [5.41, 5.74) is 2.76. The zero-order chi connectivity index (χ0) is 12.1. The van der Waals surface area contributed by atoms with Gasteiger partial charge in [0.2, 0.25) is 0 Å². The van der Waals surface area contributed by atoms with E-state index in [1.54, 1.807) is 7.11 Å². The second kappa shape index (κ2) is 6.40. The lowest BCUT2D eigenvalue weighted by atomic mass is 10.0. The molecular formula is C13H19NO2S. The molecule has 1 aromatic carbocycles. The van der Waals surface area contributed by atoms with E-state index in [2.05, 4.69) is 29.6 Å². The highest BCUT2D eigenvalue weighted by molar-refractivity contribution is 7.98. The number of hydrogen-bond acceptors (Lipinski definition) is 4. The molecule has 2 unspecified atom stereocenters. The van der Waals surface area contributed by atoms with Gasteiger partial charge in [0.25, 0.3) is 0 Å². The van der Waals surface area contributed by atoms with Crippen LogP contribution in [-0.2, 0) is 10.5 Å². The van der Waals surface area contributed by atoms with Crippen molar-refractivity contribution in [3.63, 3.8) is 0 Å². The van der Waals surface area contributed by atoms with Gasteiger partial charge in [0, 0.05) is 24.7 Å². The first kappa shape index (κ1) is 12.9. The Bertz CT molecular complexity index is 359. The summed E-state index contributed by atoms with van der Waals surface area (Å²) in [7, 11) is 1.66. The third-order valence-corrected chi connectivity index (χ3v) is 4.08. The smallest absolute Gasteiger partial charge is 0.0638 e. The van der Waals surface area contributed by atoms with Gasteiger partial charge in [0.1, 0.15) is 0 Å². The molecule has 0 aromatic heterocycles. The molecule has 94 valence electrons. The summed E-state index contributed by atoms with van der Waals surface area (Å²) in [6.07, 6.45) is 0. The Balaban J connectivity index is 2.07. The van der Waals surface area contributed by atoms with Gasteiger partial charge < -0.3 is 15.2 Å². The lowest BCUT2D eigenvalue weighted by molar-refractivity contribution is 0.123. The standard InChI is InChI=1S/C13H19NO2S/c1-16-7-11(6-15)14-13-9-17-8-10-4-2-3-5-12(10)13/h2-5,11,13-15H,6-9H2,1H3. The Kier molecular flexibility index (Phi) is 4.86. The number of methoxy groups -OCH3 is 1. The Morgan fingerprint density at radius 2 is 2.35 bits per heavy atom. The van der Waals surface area contributed by atoms with E-state index >= 15 is 0 Å². The van der Waals surface area contributed by atoms with Crippen molar-refractivity contribution >= 4 is 11.8 Å². The highest BCUT2D eigenvalue weighted by atomic mass is 32.2. The molecule has 0 fully saturated rings. The topological polar surface area (TPSA) is 41.5 Å². The van der Waals surface area contributed by atoms with Gasteiger partial charge >= 0.3 is 0 Å². The zero-order valence-electron chi connectivity index (χ0n) is 10.1. The minimum atomic E-state index is 0.0109. The molecule has 0 bridgehead atoms. The number of rotatable bonds is 5. The molecule has 1 aliphatic rings. The molecule has 0 spiro atoms. The highest BCUT2D eigenvalue weighted by Gasteiger charge is 2.22. The fraction of sp³-hybridized carbons (Fsp3) is 0.538. The van der Waals surface area contributed by atoms with Crippen molar-refractivity contribution in [1.29, 1.82) is 0 Å². The van der Waals surface area contributed by atoms with Crippen molar-refractivity contribution in [1.82, 2.24) is 5.32 Å². The summed E-state index contributed by atoms with van der Waals surface area (Å²) in [4.78, 5) is 0. The summed E-state index contributed by atoms with van der Waals surface area (Å²) in [5.74, 6) is 2.14. The van der Waals surface area contributed by atoms with Crippen LogP contribution in [0.3, 0.4) is 0 Å². The van der Waals surface area contributed by atoms with Gasteiger partial charge in [0.15, 0.2) is 0 Å². The monoisotopic (exact) mass is 253 g/mol. The highest BCUT2D eigenvalue weighted by Crippen LogP contribution is 2.31. The van der Waals surface area contributed by atoms with Crippen LogP contribution >= 0.6 is 11.8 Å². The largest absolute Gasteiger partial charge is 0.395 e. The fourth-order valence-corrected chi connectivity index (χ4v) is 3.27. The second-order valence-corrected chi connectivity index (χ2v) is 5.30. The molecule has 2 rings (SSSR count). The first-order valence-electron chi connectivity index (χ1n) is 5.86. The predicted molar refractivity (Wildman–Crippen MR) is 71.2 cm³/mol. The number of ether oxygens (including phenoxy) is 1. The van der Waals surface area contributed by atoms with Crippen LogP contribution in [-0.4, -0.2) is 37.2 Å². The van der Waals surface area contributed by atoms with Gasteiger partial charge in [-0.1, -0.05) is 24.3 Å². The summed E-state index contributed by atoms with van der Waals surface area (Å²) < 4.78 is 5.10. The Hall–Kier alpha value is -0.550. The summed E-state index contributed by atoms with van der Waals surface area (Å²) in [6.45, 7) is 0.650.